The first-order valence-electron chi connectivity index (χ1n) is 5.19. The van der Waals surface area contributed by atoms with E-state index in [1.807, 2.05) is 20.8 Å². The number of nitrogens with two attached hydrogens (primary N) is 1. The monoisotopic (exact) mass is 216 g/mol. The van der Waals surface area contributed by atoms with Gasteiger partial charge in [0.2, 0.25) is 0 Å². The standard InChI is InChI=1S/C10H20N2O3/c1-10(2,3)8-7(6-11)15-5-4-12(8)9(13)14/h7-8H,4-6,11H2,1-3H3,(H,13,14)/t7?,8-/m0/s1. The minimum atomic E-state index is -0.892. The molecule has 0 spiro atoms. The summed E-state index contributed by atoms with van der Waals surface area (Å²) in [5, 5.41) is 9.11. The maximum atomic E-state index is 11.1. The van der Waals surface area contributed by atoms with Gasteiger partial charge in [0.1, 0.15) is 0 Å². The molecule has 1 amide bonds. The minimum absolute atomic E-state index is 0.164. The van der Waals surface area contributed by atoms with E-state index >= 15 is 0 Å². The van der Waals surface area contributed by atoms with Gasteiger partial charge in [0.25, 0.3) is 0 Å². The van der Waals surface area contributed by atoms with Gasteiger partial charge >= 0.3 is 6.09 Å². The number of ether oxygens (including phenoxy) is 1. The van der Waals surface area contributed by atoms with Gasteiger partial charge in [0.15, 0.2) is 0 Å². The molecule has 1 rings (SSSR count). The van der Waals surface area contributed by atoms with Crippen molar-refractivity contribution >= 4 is 6.09 Å². The second-order valence-electron chi connectivity index (χ2n) is 4.93. The molecule has 88 valence electrons. The van der Waals surface area contributed by atoms with Crippen molar-refractivity contribution in [1.82, 2.24) is 4.90 Å². The van der Waals surface area contributed by atoms with Crippen molar-refractivity contribution in [2.45, 2.75) is 32.9 Å². The van der Waals surface area contributed by atoms with Gasteiger partial charge in [-0.1, -0.05) is 20.8 Å². The maximum absolute atomic E-state index is 11.1. The molecule has 0 saturated carbocycles. The lowest BCUT2D eigenvalue weighted by molar-refractivity contribution is -0.0892. The highest BCUT2D eigenvalue weighted by molar-refractivity contribution is 5.65. The summed E-state index contributed by atoms with van der Waals surface area (Å²) < 4.78 is 5.52. The second kappa shape index (κ2) is 4.37. The predicted molar refractivity (Wildman–Crippen MR) is 56.8 cm³/mol. The topological polar surface area (TPSA) is 75.8 Å². The third kappa shape index (κ3) is 2.60. The van der Waals surface area contributed by atoms with Crippen LogP contribution in [0.25, 0.3) is 0 Å². The van der Waals surface area contributed by atoms with Gasteiger partial charge in [-0.15, -0.1) is 0 Å². The quantitative estimate of drug-likeness (QED) is 0.677. The van der Waals surface area contributed by atoms with E-state index in [1.54, 1.807) is 0 Å². The van der Waals surface area contributed by atoms with E-state index < -0.39 is 6.09 Å². The predicted octanol–water partition coefficient (Wildman–Crippen LogP) is 0.739. The third-order valence-corrected chi connectivity index (χ3v) is 2.72. The fraction of sp³-hybridized carbons (Fsp3) is 0.900. The molecule has 1 saturated heterocycles. The van der Waals surface area contributed by atoms with E-state index in [2.05, 4.69) is 0 Å². The summed E-state index contributed by atoms with van der Waals surface area (Å²) in [4.78, 5) is 12.5. The van der Waals surface area contributed by atoms with Crippen LogP contribution in [0, 0.1) is 5.41 Å². The van der Waals surface area contributed by atoms with E-state index in [0.29, 0.717) is 19.7 Å². The Morgan fingerprint density at radius 1 is 1.60 bits per heavy atom. The highest BCUT2D eigenvalue weighted by Crippen LogP contribution is 2.30. The second-order valence-corrected chi connectivity index (χ2v) is 4.93. The van der Waals surface area contributed by atoms with Gasteiger partial charge in [-0.05, 0) is 5.41 Å². The average molecular weight is 216 g/mol. The van der Waals surface area contributed by atoms with Crippen LogP contribution in [0.4, 0.5) is 4.79 Å². The normalized spacial score (nSPS) is 27.9. The Kier molecular flexibility index (Phi) is 3.57. The fourth-order valence-electron chi connectivity index (χ4n) is 2.17. The summed E-state index contributed by atoms with van der Waals surface area (Å²) in [6, 6.07) is -0.172. The number of hydrogen-bond acceptors (Lipinski definition) is 3. The van der Waals surface area contributed by atoms with Gasteiger partial charge in [-0.25, -0.2) is 4.79 Å². The number of morpholine rings is 1. The highest BCUT2D eigenvalue weighted by atomic mass is 16.5. The van der Waals surface area contributed by atoms with Gasteiger partial charge in [0, 0.05) is 13.1 Å². The largest absolute Gasteiger partial charge is 0.465 e. The number of amides is 1. The Morgan fingerprint density at radius 3 is 2.60 bits per heavy atom. The Labute approximate surface area is 90.2 Å². The molecule has 1 fully saturated rings. The van der Waals surface area contributed by atoms with E-state index in [9.17, 15) is 4.79 Å². The molecule has 1 heterocycles. The van der Waals surface area contributed by atoms with E-state index in [0.717, 1.165) is 0 Å². The molecule has 2 atom stereocenters. The lowest BCUT2D eigenvalue weighted by Crippen LogP contribution is -2.60. The van der Waals surface area contributed by atoms with Crippen LogP contribution in [-0.2, 0) is 4.74 Å². The maximum Gasteiger partial charge on any atom is 0.407 e. The molecule has 0 aromatic heterocycles. The zero-order valence-corrected chi connectivity index (χ0v) is 9.56. The summed E-state index contributed by atoms with van der Waals surface area (Å²) in [5.41, 5.74) is 5.44. The molecular formula is C10H20N2O3. The van der Waals surface area contributed by atoms with Crippen LogP contribution in [0.5, 0.6) is 0 Å². The van der Waals surface area contributed by atoms with E-state index in [1.165, 1.54) is 4.90 Å². The summed E-state index contributed by atoms with van der Waals surface area (Å²) in [6.07, 6.45) is -1.09. The summed E-state index contributed by atoms with van der Waals surface area (Å²) >= 11 is 0. The van der Waals surface area contributed by atoms with Crippen LogP contribution >= 0.6 is 0 Å². The van der Waals surface area contributed by atoms with Crippen molar-refractivity contribution in [3.05, 3.63) is 0 Å². The first kappa shape index (κ1) is 12.3. The van der Waals surface area contributed by atoms with Crippen LogP contribution in [0.1, 0.15) is 20.8 Å². The SMILES string of the molecule is CC(C)(C)[C@@H]1C(CN)OCCN1C(=O)O. The molecule has 1 aliphatic heterocycles. The van der Waals surface area contributed by atoms with Gasteiger partial charge < -0.3 is 15.6 Å². The van der Waals surface area contributed by atoms with E-state index in [4.69, 9.17) is 15.6 Å². The average Bonchev–Trinajstić information content (AvgIpc) is 2.15. The Morgan fingerprint density at radius 2 is 2.20 bits per heavy atom. The molecule has 3 N–H and O–H groups in total. The first-order valence-corrected chi connectivity index (χ1v) is 5.19. The zero-order valence-electron chi connectivity index (χ0n) is 9.56. The molecule has 5 heteroatoms. The van der Waals surface area contributed by atoms with Gasteiger partial charge in [-0.3, -0.25) is 4.90 Å². The number of rotatable bonds is 1. The smallest absolute Gasteiger partial charge is 0.407 e. The van der Waals surface area contributed by atoms with Crippen molar-refractivity contribution < 1.29 is 14.6 Å². The van der Waals surface area contributed by atoms with Gasteiger partial charge in [-0.2, -0.15) is 0 Å². The van der Waals surface area contributed by atoms with Crippen molar-refractivity contribution in [2.24, 2.45) is 11.1 Å². The molecule has 1 unspecified atom stereocenters. The number of carbonyl (C=O) groups is 1. The fourth-order valence-corrected chi connectivity index (χ4v) is 2.17. The van der Waals surface area contributed by atoms with Crippen molar-refractivity contribution in [3.8, 4) is 0 Å². The zero-order chi connectivity index (χ0) is 11.6. The number of nitrogens with zero attached hydrogens (tertiary/aromatic N) is 1. The van der Waals surface area contributed by atoms with E-state index in [-0.39, 0.29) is 17.6 Å². The Hall–Kier alpha value is -0.810. The number of carboxylic acid groups (broad SMARTS) is 1. The molecule has 0 bridgehead atoms. The molecule has 0 radical (unpaired) electrons. The Balaban J connectivity index is 2.91. The van der Waals surface area contributed by atoms with Crippen molar-refractivity contribution in [3.63, 3.8) is 0 Å². The van der Waals surface area contributed by atoms with Crippen LogP contribution in [0.3, 0.4) is 0 Å². The number of hydrogen-bond donors (Lipinski definition) is 2. The first-order chi connectivity index (χ1) is 6.88. The summed E-state index contributed by atoms with van der Waals surface area (Å²) in [7, 11) is 0. The van der Waals surface area contributed by atoms with Crippen molar-refractivity contribution in [2.75, 3.05) is 19.7 Å². The molecule has 0 aromatic carbocycles. The van der Waals surface area contributed by atoms with Crippen molar-refractivity contribution in [1.29, 1.82) is 0 Å². The van der Waals surface area contributed by atoms with Crippen LogP contribution in [0.15, 0.2) is 0 Å². The minimum Gasteiger partial charge on any atom is -0.465 e. The molecule has 0 aromatic rings. The van der Waals surface area contributed by atoms with Gasteiger partial charge in [0.05, 0.1) is 18.8 Å². The highest BCUT2D eigenvalue weighted by Gasteiger charge is 2.41. The Bertz CT molecular complexity index is 237. The third-order valence-electron chi connectivity index (χ3n) is 2.72. The molecule has 0 aliphatic carbocycles. The molecule has 15 heavy (non-hydrogen) atoms. The summed E-state index contributed by atoms with van der Waals surface area (Å²) in [5.74, 6) is 0. The van der Waals surface area contributed by atoms with Crippen LogP contribution in [0.2, 0.25) is 0 Å². The molecular weight excluding hydrogens is 196 g/mol. The van der Waals surface area contributed by atoms with Crippen LogP contribution in [-0.4, -0.2) is 47.9 Å². The lowest BCUT2D eigenvalue weighted by Gasteiger charge is -2.46. The lowest BCUT2D eigenvalue weighted by atomic mass is 9.81. The summed E-state index contributed by atoms with van der Waals surface area (Å²) in [6.45, 7) is 7.22. The molecule has 5 nitrogen and oxygen atoms in total. The molecule has 1 aliphatic rings. The van der Waals surface area contributed by atoms with Crippen LogP contribution < -0.4 is 5.73 Å².